The molecule has 2 aromatic heterocycles. The number of furan rings is 1. The minimum atomic E-state index is 0.741. The molecule has 0 atom stereocenters. The van der Waals surface area contributed by atoms with Gasteiger partial charge in [-0.25, -0.2) is 4.98 Å². The minimum Gasteiger partial charge on any atom is -0.463 e. The molecule has 0 spiro atoms. The Hall–Kier alpha value is -1.55. The van der Waals surface area contributed by atoms with Crippen molar-refractivity contribution in [3.63, 3.8) is 0 Å². The molecule has 2 rings (SSSR count). The second-order valence-corrected chi connectivity index (χ2v) is 3.88. The molecular weight excluding hydrogens is 202 g/mol. The lowest BCUT2D eigenvalue weighted by molar-refractivity contribution is 0.579. The molecule has 4 heteroatoms. The monoisotopic (exact) mass is 219 g/mol. The highest BCUT2D eigenvalue weighted by atomic mass is 16.3. The maximum Gasteiger partial charge on any atom is 0.154 e. The van der Waals surface area contributed by atoms with Crippen molar-refractivity contribution in [1.82, 2.24) is 9.97 Å². The van der Waals surface area contributed by atoms with Crippen LogP contribution in [0.15, 0.2) is 22.8 Å². The van der Waals surface area contributed by atoms with E-state index < -0.39 is 0 Å². The van der Waals surface area contributed by atoms with Crippen molar-refractivity contribution < 1.29 is 4.42 Å². The molecule has 0 bridgehead atoms. The zero-order valence-electron chi connectivity index (χ0n) is 9.49. The predicted octanol–water partition coefficient (Wildman–Crippen LogP) is 2.26. The van der Waals surface area contributed by atoms with Gasteiger partial charge in [-0.2, -0.15) is 0 Å². The Morgan fingerprint density at radius 1 is 1.44 bits per heavy atom. The number of aromatic nitrogens is 2. The van der Waals surface area contributed by atoms with E-state index in [1.54, 1.807) is 6.26 Å². The van der Waals surface area contributed by atoms with Crippen molar-refractivity contribution in [2.75, 3.05) is 6.54 Å². The van der Waals surface area contributed by atoms with E-state index in [0.717, 1.165) is 48.8 Å². The van der Waals surface area contributed by atoms with Crippen LogP contribution >= 0.6 is 0 Å². The largest absolute Gasteiger partial charge is 0.463 e. The second kappa shape index (κ2) is 4.99. The summed E-state index contributed by atoms with van der Waals surface area (Å²) < 4.78 is 5.34. The lowest BCUT2D eigenvalue weighted by atomic mass is 10.2. The summed E-state index contributed by atoms with van der Waals surface area (Å²) in [7, 11) is 0. The van der Waals surface area contributed by atoms with E-state index in [0.29, 0.717) is 0 Å². The van der Waals surface area contributed by atoms with Crippen LogP contribution < -0.4 is 5.73 Å². The lowest BCUT2D eigenvalue weighted by Crippen LogP contribution is -1.99. The van der Waals surface area contributed by atoms with Crippen molar-refractivity contribution in [3.8, 4) is 11.5 Å². The third-order valence-corrected chi connectivity index (χ3v) is 2.56. The lowest BCUT2D eigenvalue weighted by Gasteiger charge is -1.94. The molecule has 0 radical (unpaired) electrons. The number of H-pyrrole nitrogens is 1. The number of nitrogens with two attached hydrogens (primary N) is 1. The quantitative estimate of drug-likeness (QED) is 0.758. The molecule has 0 unspecified atom stereocenters. The van der Waals surface area contributed by atoms with Crippen molar-refractivity contribution in [1.29, 1.82) is 0 Å². The molecule has 3 N–H and O–H groups in total. The highest BCUT2D eigenvalue weighted by Crippen LogP contribution is 2.21. The zero-order valence-corrected chi connectivity index (χ0v) is 9.49. The molecule has 4 nitrogen and oxygen atoms in total. The number of unbranched alkanes of at least 4 members (excludes halogenated alkanes) is 1. The standard InChI is InChI=1S/C12H17N3O/c1-9-12(10-5-4-8-16-10)15-11(14-9)6-2-3-7-13/h4-5,8H,2-3,6-7,13H2,1H3,(H,14,15). The van der Waals surface area contributed by atoms with Crippen LogP contribution in [0.1, 0.15) is 24.4 Å². The van der Waals surface area contributed by atoms with Crippen LogP contribution in [-0.4, -0.2) is 16.5 Å². The molecule has 0 saturated heterocycles. The summed E-state index contributed by atoms with van der Waals surface area (Å²) in [5.74, 6) is 1.83. The van der Waals surface area contributed by atoms with Crippen molar-refractivity contribution >= 4 is 0 Å². The average Bonchev–Trinajstić information content (AvgIpc) is 2.87. The van der Waals surface area contributed by atoms with Crippen LogP contribution in [0, 0.1) is 6.92 Å². The van der Waals surface area contributed by atoms with Gasteiger partial charge in [0.25, 0.3) is 0 Å². The van der Waals surface area contributed by atoms with Crippen LogP contribution in [0.5, 0.6) is 0 Å². The molecule has 0 aliphatic rings. The summed E-state index contributed by atoms with van der Waals surface area (Å²) >= 11 is 0. The predicted molar refractivity (Wildman–Crippen MR) is 63.0 cm³/mol. The number of rotatable bonds is 5. The minimum absolute atomic E-state index is 0.741. The number of aryl methyl sites for hydroxylation is 2. The van der Waals surface area contributed by atoms with Gasteiger partial charge in [-0.1, -0.05) is 0 Å². The molecule has 0 aliphatic heterocycles. The zero-order chi connectivity index (χ0) is 11.4. The van der Waals surface area contributed by atoms with Gasteiger partial charge in [-0.15, -0.1) is 0 Å². The summed E-state index contributed by atoms with van der Waals surface area (Å²) in [6.07, 6.45) is 4.72. The SMILES string of the molecule is Cc1[nH]c(CCCCN)nc1-c1ccco1. The molecule has 0 aromatic carbocycles. The van der Waals surface area contributed by atoms with Crippen LogP contribution in [-0.2, 0) is 6.42 Å². The Labute approximate surface area is 94.9 Å². The Kier molecular flexibility index (Phi) is 3.41. The fraction of sp³-hybridized carbons (Fsp3) is 0.417. The third-order valence-electron chi connectivity index (χ3n) is 2.56. The Morgan fingerprint density at radius 2 is 2.31 bits per heavy atom. The van der Waals surface area contributed by atoms with Gasteiger partial charge < -0.3 is 15.1 Å². The fourth-order valence-corrected chi connectivity index (χ4v) is 1.73. The van der Waals surface area contributed by atoms with Gasteiger partial charge in [0.15, 0.2) is 5.76 Å². The van der Waals surface area contributed by atoms with Crippen molar-refractivity contribution in [2.24, 2.45) is 5.73 Å². The summed E-state index contributed by atoms with van der Waals surface area (Å²) in [6.45, 7) is 2.75. The molecule has 2 heterocycles. The first kappa shape index (κ1) is 11.0. The van der Waals surface area contributed by atoms with E-state index in [9.17, 15) is 0 Å². The first-order valence-electron chi connectivity index (χ1n) is 5.60. The van der Waals surface area contributed by atoms with Crippen LogP contribution in [0.4, 0.5) is 0 Å². The number of imidazole rings is 1. The van der Waals surface area contributed by atoms with E-state index >= 15 is 0 Å². The Bertz CT molecular complexity index is 431. The third kappa shape index (κ3) is 2.33. The fourth-order valence-electron chi connectivity index (χ4n) is 1.73. The number of nitrogens with one attached hydrogen (secondary N) is 1. The average molecular weight is 219 g/mol. The van der Waals surface area contributed by atoms with Crippen molar-refractivity contribution in [3.05, 3.63) is 29.9 Å². The smallest absolute Gasteiger partial charge is 0.154 e. The van der Waals surface area contributed by atoms with Crippen molar-refractivity contribution in [2.45, 2.75) is 26.2 Å². The molecule has 0 aliphatic carbocycles. The Balaban J connectivity index is 2.10. The van der Waals surface area contributed by atoms with Crippen LogP contribution in [0.25, 0.3) is 11.5 Å². The van der Waals surface area contributed by atoms with Gasteiger partial charge in [0, 0.05) is 12.1 Å². The topological polar surface area (TPSA) is 67.8 Å². The number of aromatic amines is 1. The molecule has 2 aromatic rings. The first-order chi connectivity index (χ1) is 7.81. The van der Waals surface area contributed by atoms with Gasteiger partial charge in [0.1, 0.15) is 11.5 Å². The maximum atomic E-state index is 5.46. The van der Waals surface area contributed by atoms with E-state index in [1.807, 2.05) is 19.1 Å². The summed E-state index contributed by atoms with van der Waals surface area (Å²) in [4.78, 5) is 7.81. The van der Waals surface area contributed by atoms with E-state index in [2.05, 4.69) is 9.97 Å². The van der Waals surface area contributed by atoms with E-state index in [-0.39, 0.29) is 0 Å². The highest BCUT2D eigenvalue weighted by Gasteiger charge is 2.10. The molecular formula is C12H17N3O. The number of nitrogens with zero attached hydrogens (tertiary/aromatic N) is 1. The van der Waals surface area contributed by atoms with Gasteiger partial charge in [-0.05, 0) is 38.4 Å². The van der Waals surface area contributed by atoms with Gasteiger partial charge in [0.05, 0.1) is 6.26 Å². The molecule has 0 amide bonds. The second-order valence-electron chi connectivity index (χ2n) is 3.88. The molecule has 86 valence electrons. The van der Waals surface area contributed by atoms with Crippen LogP contribution in [0.2, 0.25) is 0 Å². The highest BCUT2D eigenvalue weighted by molar-refractivity contribution is 5.55. The van der Waals surface area contributed by atoms with E-state index in [4.69, 9.17) is 10.2 Å². The summed E-state index contributed by atoms with van der Waals surface area (Å²) in [5, 5.41) is 0. The summed E-state index contributed by atoms with van der Waals surface area (Å²) in [5.41, 5.74) is 7.42. The van der Waals surface area contributed by atoms with Gasteiger partial charge in [0.2, 0.25) is 0 Å². The molecule has 0 saturated carbocycles. The first-order valence-corrected chi connectivity index (χ1v) is 5.60. The van der Waals surface area contributed by atoms with E-state index in [1.165, 1.54) is 0 Å². The number of hydrogen-bond acceptors (Lipinski definition) is 3. The summed E-state index contributed by atoms with van der Waals surface area (Å²) in [6, 6.07) is 3.80. The Morgan fingerprint density at radius 3 is 3.00 bits per heavy atom. The van der Waals surface area contributed by atoms with Crippen LogP contribution in [0.3, 0.4) is 0 Å². The van der Waals surface area contributed by atoms with Gasteiger partial charge in [-0.3, -0.25) is 0 Å². The van der Waals surface area contributed by atoms with Gasteiger partial charge >= 0.3 is 0 Å². The maximum absolute atomic E-state index is 5.46. The molecule has 0 fully saturated rings. The number of hydrogen-bond donors (Lipinski definition) is 2. The molecule has 16 heavy (non-hydrogen) atoms. The normalized spacial score (nSPS) is 10.9.